The number of hydrogen-bond donors (Lipinski definition) is 2. The quantitative estimate of drug-likeness (QED) is 0.829. The lowest BCUT2D eigenvalue weighted by atomic mass is 9.96. The van der Waals surface area contributed by atoms with Crippen LogP contribution in [0.1, 0.15) is 17.2 Å². The fourth-order valence-electron chi connectivity index (χ4n) is 2.71. The molecule has 0 aliphatic carbocycles. The Labute approximate surface area is 150 Å². The molecule has 0 saturated carbocycles. The molecular weight excluding hydrogens is 362 g/mol. The van der Waals surface area contributed by atoms with Crippen LogP contribution < -0.4 is 10.6 Å². The van der Waals surface area contributed by atoms with Crippen molar-refractivity contribution >= 4 is 15.7 Å². The fourth-order valence-corrected chi connectivity index (χ4v) is 3.39. The third-order valence-electron chi connectivity index (χ3n) is 4.34. The molecule has 3 rings (SSSR count). The number of nitrogens with one attached hydrogen (secondary N) is 2. The van der Waals surface area contributed by atoms with Gasteiger partial charge in [-0.2, -0.15) is 0 Å². The second kappa shape index (κ2) is 7.13. The number of hydrogen-bond acceptors (Lipinski definition) is 4. The molecule has 1 unspecified atom stereocenters. The molecule has 0 aromatic heterocycles. The second-order valence-corrected chi connectivity index (χ2v) is 8.33. The summed E-state index contributed by atoms with van der Waals surface area (Å²) in [6.07, 6.45) is 1.08. The van der Waals surface area contributed by atoms with E-state index in [1.165, 1.54) is 18.2 Å². The summed E-state index contributed by atoms with van der Waals surface area (Å²) in [6.45, 7) is 1.08. The zero-order valence-corrected chi connectivity index (χ0v) is 14.8. The van der Waals surface area contributed by atoms with Crippen molar-refractivity contribution in [1.29, 1.82) is 0 Å². The Morgan fingerprint density at radius 1 is 1.12 bits per heavy atom. The summed E-state index contributed by atoms with van der Waals surface area (Å²) >= 11 is 0. The molecule has 2 aromatic carbocycles. The van der Waals surface area contributed by atoms with Gasteiger partial charge in [0.15, 0.2) is 21.5 Å². The highest BCUT2D eigenvalue weighted by Gasteiger charge is 2.28. The zero-order valence-electron chi connectivity index (χ0n) is 14.0. The summed E-state index contributed by atoms with van der Waals surface area (Å²) in [7, 11) is -3.45. The molecular formula is C18H18F2N2O3S. The first-order valence-electron chi connectivity index (χ1n) is 8.02. The Kier molecular flexibility index (Phi) is 5.06. The lowest BCUT2D eigenvalue weighted by molar-refractivity contribution is -0.126. The van der Waals surface area contributed by atoms with E-state index in [0.717, 1.165) is 18.4 Å². The van der Waals surface area contributed by atoms with Gasteiger partial charge >= 0.3 is 0 Å². The predicted molar refractivity (Wildman–Crippen MR) is 92.3 cm³/mol. The van der Waals surface area contributed by atoms with Crippen molar-refractivity contribution in [2.45, 2.75) is 10.9 Å². The van der Waals surface area contributed by atoms with E-state index in [2.05, 4.69) is 10.6 Å². The number of amides is 1. The van der Waals surface area contributed by atoms with E-state index in [0.29, 0.717) is 24.2 Å². The molecule has 1 aliphatic rings. The minimum absolute atomic E-state index is 0.0853. The number of sulfone groups is 1. The van der Waals surface area contributed by atoms with Gasteiger partial charge in [0.05, 0.1) is 16.9 Å². The van der Waals surface area contributed by atoms with Crippen molar-refractivity contribution in [3.8, 4) is 0 Å². The molecule has 2 N–H and O–H groups in total. The standard InChI is InChI=1S/C18H18F2N2O3S/c1-26(24,25)14-4-2-3-11(7-14)17(22-18(23)13-9-21-10-13)12-5-6-15(19)16(20)8-12/h2-8,13,17,21H,9-10H2,1H3,(H,22,23). The number of halogens is 2. The summed E-state index contributed by atoms with van der Waals surface area (Å²) in [6, 6.07) is 8.63. The Balaban J connectivity index is 2.02. The Morgan fingerprint density at radius 2 is 1.81 bits per heavy atom. The van der Waals surface area contributed by atoms with Crippen molar-refractivity contribution in [2.24, 2.45) is 5.92 Å². The molecule has 26 heavy (non-hydrogen) atoms. The maximum Gasteiger partial charge on any atom is 0.226 e. The van der Waals surface area contributed by atoms with Crippen LogP contribution in [0.4, 0.5) is 8.78 Å². The highest BCUT2D eigenvalue weighted by Crippen LogP contribution is 2.26. The van der Waals surface area contributed by atoms with Crippen molar-refractivity contribution in [2.75, 3.05) is 19.3 Å². The van der Waals surface area contributed by atoms with Gasteiger partial charge in [-0.25, -0.2) is 17.2 Å². The summed E-state index contributed by atoms with van der Waals surface area (Å²) in [4.78, 5) is 12.5. The maximum absolute atomic E-state index is 13.7. The average molecular weight is 380 g/mol. The zero-order chi connectivity index (χ0) is 18.9. The van der Waals surface area contributed by atoms with Crippen molar-refractivity contribution < 1.29 is 22.0 Å². The molecule has 1 amide bonds. The van der Waals surface area contributed by atoms with Gasteiger partial charge in [0, 0.05) is 19.3 Å². The topological polar surface area (TPSA) is 75.3 Å². The molecule has 2 aromatic rings. The predicted octanol–water partition coefficient (Wildman–Crippen LogP) is 1.79. The van der Waals surface area contributed by atoms with E-state index < -0.39 is 27.5 Å². The first kappa shape index (κ1) is 18.5. The van der Waals surface area contributed by atoms with Gasteiger partial charge in [0.25, 0.3) is 0 Å². The van der Waals surface area contributed by atoms with E-state index >= 15 is 0 Å². The van der Waals surface area contributed by atoms with Gasteiger partial charge in [-0.15, -0.1) is 0 Å². The lowest BCUT2D eigenvalue weighted by Crippen LogP contribution is -2.51. The molecule has 0 spiro atoms. The van der Waals surface area contributed by atoms with Crippen LogP contribution in [0.25, 0.3) is 0 Å². The Bertz CT molecular complexity index is 943. The first-order valence-corrected chi connectivity index (χ1v) is 9.91. The number of carbonyl (C=O) groups excluding carboxylic acids is 1. The van der Waals surface area contributed by atoms with Gasteiger partial charge in [-0.05, 0) is 35.4 Å². The number of rotatable bonds is 5. The molecule has 1 atom stereocenters. The van der Waals surface area contributed by atoms with Crippen molar-refractivity contribution in [1.82, 2.24) is 10.6 Å². The van der Waals surface area contributed by atoms with Gasteiger partial charge < -0.3 is 10.6 Å². The van der Waals surface area contributed by atoms with E-state index in [4.69, 9.17) is 0 Å². The van der Waals surface area contributed by atoms with E-state index in [1.54, 1.807) is 12.1 Å². The summed E-state index contributed by atoms with van der Waals surface area (Å²) < 4.78 is 50.6. The SMILES string of the molecule is CS(=O)(=O)c1cccc(C(NC(=O)C2CNC2)c2ccc(F)c(F)c2)c1. The number of benzene rings is 2. The second-order valence-electron chi connectivity index (χ2n) is 6.31. The normalized spacial score (nSPS) is 16.0. The van der Waals surface area contributed by atoms with Crippen LogP contribution in [-0.2, 0) is 14.6 Å². The lowest BCUT2D eigenvalue weighted by Gasteiger charge is -2.29. The molecule has 8 heteroatoms. The van der Waals surface area contributed by atoms with Crippen LogP contribution in [-0.4, -0.2) is 33.7 Å². The summed E-state index contributed by atoms with van der Waals surface area (Å²) in [5, 5.41) is 5.80. The molecule has 5 nitrogen and oxygen atoms in total. The third-order valence-corrected chi connectivity index (χ3v) is 5.45. The molecule has 0 radical (unpaired) electrons. The molecule has 1 fully saturated rings. The summed E-state index contributed by atoms with van der Waals surface area (Å²) in [5.74, 6) is -2.47. The van der Waals surface area contributed by atoms with E-state index in [9.17, 15) is 22.0 Å². The number of carbonyl (C=O) groups is 1. The maximum atomic E-state index is 13.7. The fraction of sp³-hybridized carbons (Fsp3) is 0.278. The van der Waals surface area contributed by atoms with Crippen LogP contribution in [0, 0.1) is 17.6 Å². The smallest absolute Gasteiger partial charge is 0.226 e. The van der Waals surface area contributed by atoms with Crippen LogP contribution in [0.5, 0.6) is 0 Å². The monoisotopic (exact) mass is 380 g/mol. The third kappa shape index (κ3) is 3.91. The van der Waals surface area contributed by atoms with Gasteiger partial charge in [-0.1, -0.05) is 18.2 Å². The minimum Gasteiger partial charge on any atom is -0.345 e. The van der Waals surface area contributed by atoms with E-state index in [-0.39, 0.29) is 16.7 Å². The van der Waals surface area contributed by atoms with Crippen LogP contribution in [0.3, 0.4) is 0 Å². The van der Waals surface area contributed by atoms with Crippen LogP contribution in [0.2, 0.25) is 0 Å². The van der Waals surface area contributed by atoms with Crippen molar-refractivity contribution in [3.05, 3.63) is 65.2 Å². The van der Waals surface area contributed by atoms with E-state index in [1.807, 2.05) is 0 Å². The Morgan fingerprint density at radius 3 is 2.38 bits per heavy atom. The molecule has 0 bridgehead atoms. The van der Waals surface area contributed by atoms with Gasteiger partial charge in [-0.3, -0.25) is 4.79 Å². The molecule has 138 valence electrons. The van der Waals surface area contributed by atoms with Gasteiger partial charge in [0.1, 0.15) is 0 Å². The highest BCUT2D eigenvalue weighted by atomic mass is 32.2. The molecule has 1 aliphatic heterocycles. The van der Waals surface area contributed by atoms with Crippen LogP contribution >= 0.6 is 0 Å². The molecule has 1 heterocycles. The molecule has 1 saturated heterocycles. The van der Waals surface area contributed by atoms with Crippen molar-refractivity contribution in [3.63, 3.8) is 0 Å². The first-order chi connectivity index (χ1) is 12.3. The largest absolute Gasteiger partial charge is 0.345 e. The Hall–Kier alpha value is -2.32. The van der Waals surface area contributed by atoms with Crippen LogP contribution in [0.15, 0.2) is 47.4 Å². The minimum atomic E-state index is -3.45. The summed E-state index contributed by atoms with van der Waals surface area (Å²) in [5.41, 5.74) is 0.801. The average Bonchev–Trinajstić information content (AvgIpc) is 2.53. The van der Waals surface area contributed by atoms with Gasteiger partial charge in [0.2, 0.25) is 5.91 Å². The highest BCUT2D eigenvalue weighted by molar-refractivity contribution is 7.90.